The Balaban J connectivity index is 1.46. The number of Topliss-reactive ketones (excluding diaryl/α,β-unsaturated/α-hetero) is 4. The zero-order valence-electron chi connectivity index (χ0n) is 23.4. The first kappa shape index (κ1) is 28.9. The molecule has 0 saturated heterocycles. The minimum Gasteiger partial charge on any atom is -0.497 e. The summed E-state index contributed by atoms with van der Waals surface area (Å²) in [6, 6.07) is 19.8. The van der Waals surface area contributed by atoms with Crippen LogP contribution in [-0.4, -0.2) is 42.3 Å². The fourth-order valence-corrected chi connectivity index (χ4v) is 6.40. The van der Waals surface area contributed by atoms with Crippen LogP contribution in [0.25, 0.3) is 0 Å². The molecule has 2 aliphatic rings. The highest BCUT2D eigenvalue weighted by Gasteiger charge is 2.50. The molecule has 0 aliphatic heterocycles. The van der Waals surface area contributed by atoms with Crippen LogP contribution >= 0.6 is 0 Å². The van der Waals surface area contributed by atoms with Gasteiger partial charge < -0.3 is 9.47 Å². The first-order valence-electron chi connectivity index (χ1n) is 13.8. The molecule has 0 bridgehead atoms. The summed E-state index contributed by atoms with van der Waals surface area (Å²) in [5.74, 6) is -4.13. The third-order valence-electron chi connectivity index (χ3n) is 8.56. The molecule has 0 unspecified atom stereocenters. The van der Waals surface area contributed by atoms with Crippen LogP contribution in [0, 0.1) is 22.0 Å². The van der Waals surface area contributed by atoms with Gasteiger partial charge in [0.1, 0.15) is 34.6 Å². The summed E-state index contributed by atoms with van der Waals surface area (Å²) in [6.45, 7) is 0. The number of carbonyl (C=O) groups is 4. The van der Waals surface area contributed by atoms with E-state index >= 15 is 0 Å². The number of methoxy groups -OCH3 is 2. The van der Waals surface area contributed by atoms with E-state index in [2.05, 4.69) is 0 Å². The van der Waals surface area contributed by atoms with E-state index in [1.807, 2.05) is 24.3 Å². The molecule has 2 fully saturated rings. The van der Waals surface area contributed by atoms with E-state index in [-0.39, 0.29) is 66.3 Å². The maximum absolute atomic E-state index is 13.7. The summed E-state index contributed by atoms with van der Waals surface area (Å²) >= 11 is 0. The zero-order chi connectivity index (χ0) is 30.0. The van der Waals surface area contributed by atoms with E-state index < -0.39 is 22.7 Å². The van der Waals surface area contributed by atoms with Gasteiger partial charge in [-0.25, -0.2) is 0 Å². The van der Waals surface area contributed by atoms with Crippen LogP contribution in [0.3, 0.4) is 0 Å². The molecule has 0 N–H and O–H groups in total. The minimum absolute atomic E-state index is 0.0792. The molecule has 5 rings (SSSR count). The van der Waals surface area contributed by atoms with Crippen molar-refractivity contribution in [2.45, 2.75) is 43.4 Å². The Morgan fingerprint density at radius 2 is 0.976 bits per heavy atom. The fourth-order valence-electron chi connectivity index (χ4n) is 6.40. The van der Waals surface area contributed by atoms with Crippen LogP contribution in [0.1, 0.15) is 60.1 Å². The molecule has 42 heavy (non-hydrogen) atoms. The maximum atomic E-state index is 13.7. The predicted molar refractivity (Wildman–Crippen MR) is 153 cm³/mol. The molecular weight excluding hydrogens is 538 g/mol. The number of benzene rings is 3. The molecule has 0 amide bonds. The lowest BCUT2D eigenvalue weighted by molar-refractivity contribution is -0.384. The predicted octanol–water partition coefficient (Wildman–Crippen LogP) is 5.36. The van der Waals surface area contributed by atoms with Crippen molar-refractivity contribution in [2.75, 3.05) is 14.2 Å². The van der Waals surface area contributed by atoms with Crippen LogP contribution < -0.4 is 9.47 Å². The minimum atomic E-state index is -1.20. The zero-order valence-corrected chi connectivity index (χ0v) is 23.4. The number of ketones is 4. The van der Waals surface area contributed by atoms with E-state index in [1.165, 1.54) is 24.3 Å². The quantitative estimate of drug-likeness (QED) is 0.201. The molecule has 0 aromatic heterocycles. The van der Waals surface area contributed by atoms with Crippen LogP contribution in [0.2, 0.25) is 0 Å². The molecule has 2 saturated carbocycles. The average molecular weight is 570 g/mol. The lowest BCUT2D eigenvalue weighted by Crippen LogP contribution is -2.45. The number of nitro benzene ring substituents is 1. The molecule has 0 heterocycles. The molecule has 0 spiro atoms. The van der Waals surface area contributed by atoms with Crippen molar-refractivity contribution in [1.29, 1.82) is 0 Å². The van der Waals surface area contributed by atoms with Gasteiger partial charge in [0.25, 0.3) is 5.69 Å². The van der Waals surface area contributed by atoms with Gasteiger partial charge in [-0.3, -0.25) is 29.3 Å². The molecule has 2 aliphatic carbocycles. The van der Waals surface area contributed by atoms with Crippen molar-refractivity contribution in [1.82, 2.24) is 0 Å². The summed E-state index contributed by atoms with van der Waals surface area (Å²) in [7, 11) is 3.11. The standard InChI is InChI=1S/C33H31NO8/c1-41-25-11-5-19(6-12-25)22-15-27(35)32(28(36)16-22)31(21-3-9-24(10-4-21)34(39)40)33-29(37)17-23(18-30(33)38)20-7-13-26(42-2)14-8-20/h3-14,22-23,31-33H,15-18H2,1-2H3. The second kappa shape index (κ2) is 12.1. The molecular formula is C33H31NO8. The van der Waals surface area contributed by atoms with Crippen LogP contribution in [0.5, 0.6) is 11.5 Å². The first-order chi connectivity index (χ1) is 20.2. The van der Waals surface area contributed by atoms with Gasteiger partial charge in [-0.1, -0.05) is 36.4 Å². The summed E-state index contributed by atoms with van der Waals surface area (Å²) in [6.07, 6.45) is 0.317. The fraction of sp³-hybridized carbons (Fsp3) is 0.333. The van der Waals surface area contributed by atoms with Crippen molar-refractivity contribution < 1.29 is 33.6 Å². The number of ether oxygens (including phenoxy) is 2. The normalized spacial score (nSPS) is 23.4. The largest absolute Gasteiger partial charge is 0.497 e. The van der Waals surface area contributed by atoms with Crippen LogP contribution in [-0.2, 0) is 19.2 Å². The number of carbonyl (C=O) groups excluding carboxylic acids is 4. The molecule has 3 aromatic rings. The maximum Gasteiger partial charge on any atom is 0.269 e. The molecule has 3 aromatic carbocycles. The van der Waals surface area contributed by atoms with Gasteiger partial charge in [0.05, 0.1) is 31.0 Å². The van der Waals surface area contributed by atoms with Crippen molar-refractivity contribution in [3.05, 3.63) is 99.6 Å². The summed E-state index contributed by atoms with van der Waals surface area (Å²) in [4.78, 5) is 65.6. The molecule has 0 radical (unpaired) electrons. The Bertz CT molecular complexity index is 1390. The smallest absolute Gasteiger partial charge is 0.269 e. The van der Waals surface area contributed by atoms with E-state index in [4.69, 9.17) is 9.47 Å². The highest BCUT2D eigenvalue weighted by Crippen LogP contribution is 2.46. The molecule has 0 atom stereocenters. The topological polar surface area (TPSA) is 130 Å². The summed E-state index contributed by atoms with van der Waals surface area (Å²) < 4.78 is 10.4. The van der Waals surface area contributed by atoms with Gasteiger partial charge >= 0.3 is 0 Å². The van der Waals surface area contributed by atoms with E-state index in [0.717, 1.165) is 11.1 Å². The molecule has 216 valence electrons. The van der Waals surface area contributed by atoms with Crippen molar-refractivity contribution in [2.24, 2.45) is 11.8 Å². The van der Waals surface area contributed by atoms with Gasteiger partial charge in [-0.2, -0.15) is 0 Å². The SMILES string of the molecule is COc1ccc(C2CC(=O)C(C(c3ccc([N+](=O)[O-])cc3)C3C(=O)CC(c4ccc(OC)cc4)CC3=O)C(=O)C2)cc1. The van der Waals surface area contributed by atoms with Crippen LogP contribution in [0.15, 0.2) is 72.8 Å². The van der Waals surface area contributed by atoms with Crippen molar-refractivity contribution in [3.63, 3.8) is 0 Å². The van der Waals surface area contributed by atoms with Gasteiger partial charge in [-0.15, -0.1) is 0 Å². The van der Waals surface area contributed by atoms with Gasteiger partial charge in [-0.05, 0) is 52.8 Å². The number of hydrogen-bond acceptors (Lipinski definition) is 8. The monoisotopic (exact) mass is 569 g/mol. The van der Waals surface area contributed by atoms with E-state index in [9.17, 15) is 29.3 Å². The average Bonchev–Trinajstić information content (AvgIpc) is 2.99. The van der Waals surface area contributed by atoms with Gasteiger partial charge in [0, 0.05) is 43.7 Å². The summed E-state index contributed by atoms with van der Waals surface area (Å²) in [5, 5.41) is 11.3. The summed E-state index contributed by atoms with van der Waals surface area (Å²) in [5.41, 5.74) is 1.88. The van der Waals surface area contributed by atoms with Crippen LogP contribution in [0.4, 0.5) is 5.69 Å². The Labute approximate surface area is 243 Å². The first-order valence-corrected chi connectivity index (χ1v) is 13.8. The van der Waals surface area contributed by atoms with Crippen molar-refractivity contribution >= 4 is 28.8 Å². The number of nitro groups is 1. The third kappa shape index (κ3) is 5.72. The number of hydrogen-bond donors (Lipinski definition) is 0. The lowest BCUT2D eigenvalue weighted by Gasteiger charge is -2.38. The highest BCUT2D eigenvalue weighted by molar-refractivity contribution is 6.11. The Kier molecular flexibility index (Phi) is 8.29. The highest BCUT2D eigenvalue weighted by atomic mass is 16.6. The second-order valence-electron chi connectivity index (χ2n) is 11.0. The Morgan fingerprint density at radius 1 is 0.619 bits per heavy atom. The van der Waals surface area contributed by atoms with E-state index in [1.54, 1.807) is 38.5 Å². The molecule has 9 nitrogen and oxygen atoms in total. The lowest BCUT2D eigenvalue weighted by atomic mass is 9.62. The van der Waals surface area contributed by atoms with Gasteiger partial charge in [0.2, 0.25) is 0 Å². The number of nitrogens with zero attached hydrogens (tertiary/aromatic N) is 1. The number of rotatable bonds is 8. The third-order valence-corrected chi connectivity index (χ3v) is 8.56. The van der Waals surface area contributed by atoms with E-state index in [0.29, 0.717) is 17.1 Å². The van der Waals surface area contributed by atoms with Gasteiger partial charge in [0.15, 0.2) is 0 Å². The Morgan fingerprint density at radius 3 is 1.29 bits per heavy atom. The molecule has 9 heteroatoms. The number of non-ortho nitro benzene ring substituents is 1. The Hall–Kier alpha value is -4.66. The van der Waals surface area contributed by atoms with Crippen molar-refractivity contribution in [3.8, 4) is 11.5 Å². The second-order valence-corrected chi connectivity index (χ2v) is 11.0.